The van der Waals surface area contributed by atoms with Gasteiger partial charge in [0.25, 0.3) is 11.1 Å². The zero-order chi connectivity index (χ0) is 23.0. The quantitative estimate of drug-likeness (QED) is 0.447. The Bertz CT molecular complexity index is 1470. The smallest absolute Gasteiger partial charge is 0.332 e. The number of unbranched alkanes of at least 4 members (excludes halogenated alkanes) is 4. The lowest BCUT2D eigenvalue weighted by Gasteiger charge is -2.13. The minimum atomic E-state index is -0.585. The van der Waals surface area contributed by atoms with E-state index in [1.165, 1.54) is 27.6 Å². The van der Waals surface area contributed by atoms with Gasteiger partial charge in [0.15, 0.2) is 11.2 Å². The molecule has 0 atom stereocenters. The Morgan fingerprint density at radius 1 is 0.906 bits per heavy atom. The highest BCUT2D eigenvalue weighted by molar-refractivity contribution is 5.77. The third-order valence-corrected chi connectivity index (χ3v) is 5.93. The van der Waals surface area contributed by atoms with Crippen LogP contribution in [-0.2, 0) is 20.5 Å². The average molecular weight is 438 g/mol. The Kier molecular flexibility index (Phi) is 5.73. The second kappa shape index (κ2) is 8.49. The van der Waals surface area contributed by atoms with Crippen LogP contribution in [0.4, 0.5) is 0 Å². The van der Waals surface area contributed by atoms with E-state index in [2.05, 4.69) is 11.9 Å². The van der Waals surface area contributed by atoms with Gasteiger partial charge in [-0.1, -0.05) is 50.8 Å². The standard InChI is InChI=1S/C23H27N5O4/c1-4-5-6-7-11-14-16-19(29)27(15-12-9-8-10-13-15)22-24-18-17(28(22)20(16)30)21(31)26(3)23(32)25(18)2/h8-10,12-13,30H,4-7,11,14H2,1-3H3. The second-order valence-electron chi connectivity index (χ2n) is 8.07. The van der Waals surface area contributed by atoms with Gasteiger partial charge in [-0.3, -0.25) is 18.7 Å². The maximum Gasteiger partial charge on any atom is 0.332 e. The zero-order valence-electron chi connectivity index (χ0n) is 18.5. The average Bonchev–Trinajstić information content (AvgIpc) is 3.19. The van der Waals surface area contributed by atoms with E-state index in [0.717, 1.165) is 36.7 Å². The van der Waals surface area contributed by atoms with Crippen LogP contribution in [-0.4, -0.2) is 28.2 Å². The second-order valence-corrected chi connectivity index (χ2v) is 8.07. The van der Waals surface area contributed by atoms with Gasteiger partial charge in [0.1, 0.15) is 0 Å². The maximum absolute atomic E-state index is 13.5. The summed E-state index contributed by atoms with van der Waals surface area (Å²) in [6.07, 6.45) is 5.35. The Hall–Kier alpha value is -3.62. The van der Waals surface area contributed by atoms with Gasteiger partial charge in [0.05, 0.1) is 11.3 Å². The number of aromatic hydroxyl groups is 1. The van der Waals surface area contributed by atoms with E-state index >= 15 is 0 Å². The first-order chi connectivity index (χ1) is 15.4. The van der Waals surface area contributed by atoms with Gasteiger partial charge in [-0.05, 0) is 25.0 Å². The minimum absolute atomic E-state index is 0.0546. The lowest BCUT2D eigenvalue weighted by molar-refractivity contribution is 0.434. The number of fused-ring (bicyclic) bond motifs is 3. The number of para-hydroxylation sites is 1. The molecule has 4 rings (SSSR count). The van der Waals surface area contributed by atoms with Crippen molar-refractivity contribution >= 4 is 16.9 Å². The SMILES string of the molecule is CCCCCCCc1c(O)n2c3c(=O)n(C)c(=O)n(C)c3nc2n(-c2ccccc2)c1=O. The summed E-state index contributed by atoms with van der Waals surface area (Å²) in [5.74, 6) is -0.215. The number of benzene rings is 1. The summed E-state index contributed by atoms with van der Waals surface area (Å²) in [6, 6.07) is 8.96. The molecule has 0 unspecified atom stereocenters. The molecule has 0 amide bonds. The van der Waals surface area contributed by atoms with E-state index < -0.39 is 11.2 Å². The highest BCUT2D eigenvalue weighted by Gasteiger charge is 2.24. The van der Waals surface area contributed by atoms with Crippen molar-refractivity contribution in [1.82, 2.24) is 23.1 Å². The summed E-state index contributed by atoms with van der Waals surface area (Å²) in [5.41, 5.74) is -0.543. The van der Waals surface area contributed by atoms with Crippen LogP contribution in [0.2, 0.25) is 0 Å². The minimum Gasteiger partial charge on any atom is -0.494 e. The molecule has 0 aliphatic heterocycles. The van der Waals surface area contributed by atoms with Gasteiger partial charge in [-0.25, -0.2) is 13.8 Å². The van der Waals surface area contributed by atoms with Crippen molar-refractivity contribution in [3.8, 4) is 11.6 Å². The first kappa shape index (κ1) is 21.6. The van der Waals surface area contributed by atoms with Gasteiger partial charge >= 0.3 is 5.69 Å². The fourth-order valence-corrected chi connectivity index (χ4v) is 4.12. The zero-order valence-corrected chi connectivity index (χ0v) is 18.5. The predicted octanol–water partition coefficient (Wildman–Crippen LogP) is 2.25. The molecule has 0 radical (unpaired) electrons. The number of aromatic nitrogens is 5. The van der Waals surface area contributed by atoms with Crippen molar-refractivity contribution in [2.45, 2.75) is 45.4 Å². The largest absolute Gasteiger partial charge is 0.494 e. The molecule has 1 aromatic carbocycles. The summed E-state index contributed by atoms with van der Waals surface area (Å²) >= 11 is 0. The molecule has 3 heterocycles. The van der Waals surface area contributed by atoms with Crippen molar-refractivity contribution in [3.05, 3.63) is 67.1 Å². The van der Waals surface area contributed by atoms with Gasteiger partial charge in [-0.15, -0.1) is 0 Å². The van der Waals surface area contributed by atoms with Crippen LogP contribution in [0, 0.1) is 0 Å². The number of hydrogen-bond donors (Lipinski definition) is 1. The van der Waals surface area contributed by atoms with Crippen LogP contribution in [0.1, 0.15) is 44.6 Å². The number of rotatable bonds is 7. The monoisotopic (exact) mass is 437 g/mol. The van der Waals surface area contributed by atoms with Crippen molar-refractivity contribution in [3.63, 3.8) is 0 Å². The summed E-state index contributed by atoms with van der Waals surface area (Å²) in [7, 11) is 2.88. The predicted molar refractivity (Wildman–Crippen MR) is 123 cm³/mol. The molecule has 0 bridgehead atoms. The van der Waals surface area contributed by atoms with Crippen LogP contribution >= 0.6 is 0 Å². The van der Waals surface area contributed by atoms with Crippen LogP contribution in [0.15, 0.2) is 44.7 Å². The van der Waals surface area contributed by atoms with Crippen molar-refractivity contribution in [1.29, 1.82) is 0 Å². The fourth-order valence-electron chi connectivity index (χ4n) is 4.12. The van der Waals surface area contributed by atoms with Crippen LogP contribution in [0.25, 0.3) is 22.6 Å². The summed E-state index contributed by atoms with van der Waals surface area (Å²) in [5, 5.41) is 11.1. The summed E-state index contributed by atoms with van der Waals surface area (Å²) in [4.78, 5) is 43.4. The van der Waals surface area contributed by atoms with Gasteiger partial charge in [0.2, 0.25) is 11.7 Å². The Morgan fingerprint density at radius 2 is 1.59 bits per heavy atom. The normalized spacial score (nSPS) is 11.6. The van der Waals surface area contributed by atoms with Crippen molar-refractivity contribution in [2.24, 2.45) is 14.1 Å². The van der Waals surface area contributed by atoms with Crippen molar-refractivity contribution in [2.75, 3.05) is 0 Å². The fraction of sp³-hybridized carbons (Fsp3) is 0.391. The first-order valence-corrected chi connectivity index (χ1v) is 10.9. The van der Waals surface area contributed by atoms with Crippen molar-refractivity contribution < 1.29 is 5.11 Å². The van der Waals surface area contributed by atoms with Crippen LogP contribution in [0.3, 0.4) is 0 Å². The van der Waals surface area contributed by atoms with Gasteiger partial charge < -0.3 is 5.11 Å². The number of imidazole rings is 1. The van der Waals surface area contributed by atoms with E-state index in [4.69, 9.17) is 0 Å². The highest BCUT2D eigenvalue weighted by atomic mass is 16.3. The topological polar surface area (TPSA) is 104 Å². The maximum atomic E-state index is 13.5. The van der Waals surface area contributed by atoms with E-state index in [1.807, 2.05) is 6.07 Å². The number of aryl methyl sites for hydroxylation is 1. The highest BCUT2D eigenvalue weighted by Crippen LogP contribution is 2.24. The lowest BCUT2D eigenvalue weighted by Crippen LogP contribution is -2.37. The Labute approximate surface area is 183 Å². The van der Waals surface area contributed by atoms with E-state index in [1.54, 1.807) is 24.3 Å². The number of nitrogens with zero attached hydrogens (tertiary/aromatic N) is 5. The number of hydrogen-bond acceptors (Lipinski definition) is 5. The molecule has 0 aliphatic carbocycles. The molecular formula is C23H27N5O4. The molecular weight excluding hydrogens is 410 g/mol. The molecule has 0 fully saturated rings. The lowest BCUT2D eigenvalue weighted by atomic mass is 10.1. The van der Waals surface area contributed by atoms with Crippen LogP contribution in [0.5, 0.6) is 5.88 Å². The van der Waals surface area contributed by atoms with E-state index in [0.29, 0.717) is 12.1 Å². The molecule has 0 saturated carbocycles. The van der Waals surface area contributed by atoms with Crippen LogP contribution < -0.4 is 16.8 Å². The molecule has 0 aliphatic rings. The van der Waals surface area contributed by atoms with Gasteiger partial charge in [0, 0.05) is 14.1 Å². The Morgan fingerprint density at radius 3 is 2.28 bits per heavy atom. The molecule has 3 aromatic heterocycles. The first-order valence-electron chi connectivity index (χ1n) is 10.9. The summed E-state index contributed by atoms with van der Waals surface area (Å²) < 4.78 is 4.91. The molecule has 0 spiro atoms. The molecule has 9 heteroatoms. The third kappa shape index (κ3) is 3.34. The molecule has 4 aromatic rings. The molecule has 32 heavy (non-hydrogen) atoms. The third-order valence-electron chi connectivity index (χ3n) is 5.93. The molecule has 0 saturated heterocycles. The van der Waals surface area contributed by atoms with Gasteiger partial charge in [-0.2, -0.15) is 4.98 Å². The molecule has 1 N–H and O–H groups in total. The van der Waals surface area contributed by atoms with E-state index in [9.17, 15) is 19.5 Å². The Balaban J connectivity index is 2.07. The van der Waals surface area contributed by atoms with E-state index in [-0.39, 0.29) is 33.9 Å². The molecule has 168 valence electrons. The summed E-state index contributed by atoms with van der Waals surface area (Å²) in [6.45, 7) is 2.14. The molecule has 9 nitrogen and oxygen atoms in total.